The number of carbonyl (C=O) groups excluding carboxylic acids is 1. The molecule has 23 heavy (non-hydrogen) atoms. The summed E-state index contributed by atoms with van der Waals surface area (Å²) in [5, 5.41) is 4.40. The van der Waals surface area contributed by atoms with Crippen LogP contribution < -0.4 is 5.32 Å². The number of aromatic nitrogens is 2. The lowest BCUT2D eigenvalue weighted by Crippen LogP contribution is -2.35. The number of rotatable bonds is 6. The first-order valence-corrected chi connectivity index (χ1v) is 9.70. The molecule has 0 aliphatic carbocycles. The number of aryl methyl sites for hydroxylation is 2. The second-order valence-corrected chi connectivity index (χ2v) is 7.93. The van der Waals surface area contributed by atoms with E-state index in [0.717, 1.165) is 48.1 Å². The zero-order chi connectivity index (χ0) is 16.2. The number of hydrogen-bond acceptors (Lipinski definition) is 6. The van der Waals surface area contributed by atoms with Crippen LogP contribution in [0.5, 0.6) is 0 Å². The van der Waals surface area contributed by atoms with Gasteiger partial charge in [-0.25, -0.2) is 9.97 Å². The average Bonchev–Trinajstić information content (AvgIpc) is 3.28. The zero-order valence-corrected chi connectivity index (χ0v) is 15.2. The third-order valence-electron chi connectivity index (χ3n) is 4.17. The lowest BCUT2D eigenvalue weighted by molar-refractivity contribution is 0.0725. The first kappa shape index (κ1) is 16.5. The van der Waals surface area contributed by atoms with Crippen molar-refractivity contribution in [3.63, 3.8) is 0 Å². The summed E-state index contributed by atoms with van der Waals surface area (Å²) in [6, 6.07) is 0. The summed E-state index contributed by atoms with van der Waals surface area (Å²) in [5.41, 5.74) is 2.88. The predicted octanol–water partition coefficient (Wildman–Crippen LogP) is 2.72. The molecule has 2 aromatic heterocycles. The van der Waals surface area contributed by atoms with Crippen molar-refractivity contribution in [3.05, 3.63) is 32.2 Å². The summed E-state index contributed by atoms with van der Waals surface area (Å²) < 4.78 is 0. The summed E-state index contributed by atoms with van der Waals surface area (Å²) in [6.07, 6.45) is 3.73. The summed E-state index contributed by atoms with van der Waals surface area (Å²) >= 11 is 3.14. The maximum absolute atomic E-state index is 13.0. The van der Waals surface area contributed by atoms with Crippen LogP contribution in [-0.4, -0.2) is 40.4 Å². The van der Waals surface area contributed by atoms with Gasteiger partial charge in [0.15, 0.2) is 0 Å². The molecule has 5 nitrogen and oxygen atoms in total. The standard InChI is InChI=1S/C16H22N4OS2/c1-3-15-18-7-13(23-15)16(21)20(8-12-4-5-17-6-12)9-14-11(2)19-10-22-14/h7,10,12,17H,3-6,8-9H2,1-2H3. The molecule has 1 amide bonds. The average molecular weight is 351 g/mol. The van der Waals surface area contributed by atoms with Crippen molar-refractivity contribution in [3.8, 4) is 0 Å². The number of carbonyl (C=O) groups is 1. The first-order chi connectivity index (χ1) is 11.2. The largest absolute Gasteiger partial charge is 0.332 e. The van der Waals surface area contributed by atoms with Crippen LogP contribution in [0.1, 0.15) is 38.6 Å². The molecule has 7 heteroatoms. The highest BCUT2D eigenvalue weighted by molar-refractivity contribution is 7.13. The Balaban J connectivity index is 1.78. The van der Waals surface area contributed by atoms with Crippen LogP contribution in [0.4, 0.5) is 0 Å². The fourth-order valence-electron chi connectivity index (χ4n) is 2.78. The second-order valence-electron chi connectivity index (χ2n) is 5.88. The Morgan fingerprint density at radius 1 is 1.48 bits per heavy atom. The van der Waals surface area contributed by atoms with Gasteiger partial charge in [-0.2, -0.15) is 0 Å². The van der Waals surface area contributed by atoms with Gasteiger partial charge in [0.05, 0.1) is 29.0 Å². The number of nitrogens with zero attached hydrogens (tertiary/aromatic N) is 3. The quantitative estimate of drug-likeness (QED) is 0.870. The molecule has 1 unspecified atom stereocenters. The van der Waals surface area contributed by atoms with Crippen LogP contribution in [0.15, 0.2) is 11.7 Å². The van der Waals surface area contributed by atoms with Crippen molar-refractivity contribution in [2.45, 2.75) is 33.2 Å². The van der Waals surface area contributed by atoms with E-state index in [1.807, 2.05) is 17.3 Å². The van der Waals surface area contributed by atoms with Gasteiger partial charge in [0.1, 0.15) is 4.88 Å². The highest BCUT2D eigenvalue weighted by Crippen LogP contribution is 2.22. The van der Waals surface area contributed by atoms with Crippen molar-refractivity contribution in [1.29, 1.82) is 0 Å². The molecule has 0 spiro atoms. The monoisotopic (exact) mass is 350 g/mol. The van der Waals surface area contributed by atoms with E-state index in [2.05, 4.69) is 22.2 Å². The van der Waals surface area contributed by atoms with Crippen molar-refractivity contribution >= 4 is 28.6 Å². The Bertz CT molecular complexity index is 661. The lowest BCUT2D eigenvalue weighted by Gasteiger charge is -2.24. The maximum atomic E-state index is 13.0. The van der Waals surface area contributed by atoms with E-state index in [0.29, 0.717) is 12.5 Å². The molecule has 3 heterocycles. The topological polar surface area (TPSA) is 58.1 Å². The molecule has 1 N–H and O–H groups in total. The molecular formula is C16H22N4OS2. The maximum Gasteiger partial charge on any atom is 0.265 e. The molecule has 0 saturated carbocycles. The van der Waals surface area contributed by atoms with E-state index in [4.69, 9.17) is 0 Å². The second kappa shape index (κ2) is 7.51. The minimum absolute atomic E-state index is 0.0990. The lowest BCUT2D eigenvalue weighted by atomic mass is 10.1. The zero-order valence-electron chi connectivity index (χ0n) is 13.5. The van der Waals surface area contributed by atoms with Crippen LogP contribution in [0, 0.1) is 12.8 Å². The fourth-order valence-corrected chi connectivity index (χ4v) is 4.40. The van der Waals surface area contributed by atoms with Gasteiger partial charge in [-0.05, 0) is 38.8 Å². The Kier molecular flexibility index (Phi) is 5.40. The fraction of sp³-hybridized carbons (Fsp3) is 0.562. The third kappa shape index (κ3) is 3.97. The summed E-state index contributed by atoms with van der Waals surface area (Å²) in [5.74, 6) is 0.632. The van der Waals surface area contributed by atoms with Crippen LogP contribution >= 0.6 is 22.7 Å². The number of hydrogen-bond donors (Lipinski definition) is 1. The van der Waals surface area contributed by atoms with Crippen molar-refractivity contribution < 1.29 is 4.79 Å². The highest BCUT2D eigenvalue weighted by Gasteiger charge is 2.25. The van der Waals surface area contributed by atoms with Crippen LogP contribution in [0.3, 0.4) is 0 Å². The Morgan fingerprint density at radius 3 is 2.96 bits per heavy atom. The molecular weight excluding hydrogens is 328 g/mol. The molecule has 3 rings (SSSR count). The Labute approximate surface area is 144 Å². The molecule has 2 aromatic rings. The van der Waals surface area contributed by atoms with Gasteiger partial charge < -0.3 is 10.2 Å². The van der Waals surface area contributed by atoms with E-state index in [1.165, 1.54) is 16.2 Å². The van der Waals surface area contributed by atoms with E-state index < -0.39 is 0 Å². The van der Waals surface area contributed by atoms with Gasteiger partial charge in [0.2, 0.25) is 0 Å². The molecule has 1 atom stereocenters. The summed E-state index contributed by atoms with van der Waals surface area (Å²) in [7, 11) is 0. The van der Waals surface area contributed by atoms with Crippen LogP contribution in [-0.2, 0) is 13.0 Å². The predicted molar refractivity (Wildman–Crippen MR) is 94.1 cm³/mol. The third-order valence-corrected chi connectivity index (χ3v) is 6.22. The molecule has 0 radical (unpaired) electrons. The highest BCUT2D eigenvalue weighted by atomic mass is 32.1. The minimum atomic E-state index is 0.0990. The van der Waals surface area contributed by atoms with Crippen LogP contribution in [0.2, 0.25) is 0 Å². The van der Waals surface area contributed by atoms with Crippen molar-refractivity contribution in [2.75, 3.05) is 19.6 Å². The SMILES string of the molecule is CCc1ncc(C(=O)N(Cc2scnc2C)CC2CCNC2)s1. The van der Waals surface area contributed by atoms with E-state index >= 15 is 0 Å². The molecule has 124 valence electrons. The van der Waals surface area contributed by atoms with E-state index in [9.17, 15) is 4.79 Å². The first-order valence-electron chi connectivity index (χ1n) is 8.01. The smallest absolute Gasteiger partial charge is 0.265 e. The Hall–Kier alpha value is -1.31. The number of amides is 1. The van der Waals surface area contributed by atoms with Crippen molar-refractivity contribution in [1.82, 2.24) is 20.2 Å². The van der Waals surface area contributed by atoms with Gasteiger partial charge >= 0.3 is 0 Å². The van der Waals surface area contributed by atoms with Gasteiger partial charge in [0, 0.05) is 11.4 Å². The summed E-state index contributed by atoms with van der Waals surface area (Å²) in [4.78, 5) is 25.5. The van der Waals surface area contributed by atoms with Gasteiger partial charge in [0.25, 0.3) is 5.91 Å². The van der Waals surface area contributed by atoms with Crippen molar-refractivity contribution in [2.24, 2.45) is 5.92 Å². The molecule has 0 aromatic carbocycles. The summed E-state index contributed by atoms with van der Waals surface area (Å²) in [6.45, 7) is 7.55. The van der Waals surface area contributed by atoms with Gasteiger partial charge in [-0.3, -0.25) is 4.79 Å². The molecule has 1 aliphatic rings. The van der Waals surface area contributed by atoms with E-state index in [1.54, 1.807) is 17.5 Å². The normalized spacial score (nSPS) is 17.6. The molecule has 1 fully saturated rings. The molecule has 1 saturated heterocycles. The molecule has 0 bridgehead atoms. The molecule has 1 aliphatic heterocycles. The van der Waals surface area contributed by atoms with Gasteiger partial charge in [-0.1, -0.05) is 6.92 Å². The number of thiazole rings is 2. The van der Waals surface area contributed by atoms with E-state index in [-0.39, 0.29) is 5.91 Å². The van der Waals surface area contributed by atoms with Crippen LogP contribution in [0.25, 0.3) is 0 Å². The minimum Gasteiger partial charge on any atom is -0.332 e. The number of nitrogens with one attached hydrogen (secondary N) is 1. The Morgan fingerprint density at radius 2 is 2.35 bits per heavy atom. The van der Waals surface area contributed by atoms with Gasteiger partial charge in [-0.15, -0.1) is 22.7 Å².